The monoisotopic (exact) mass is 186 g/mol. The molecule has 0 atom stereocenters. The van der Waals surface area contributed by atoms with Gasteiger partial charge < -0.3 is 9.47 Å². The third-order valence-corrected chi connectivity index (χ3v) is 0.756. The summed E-state index contributed by atoms with van der Waals surface area (Å²) in [6, 6.07) is -0.758. The Kier molecular flexibility index (Phi) is 5.06. The molecule has 58 valence electrons. The molecular formula is C4H4Cl2O4. The Morgan fingerprint density at radius 3 is 1.50 bits per heavy atom. The van der Waals surface area contributed by atoms with Gasteiger partial charge in [0, 0.05) is 0 Å². The second-order valence-electron chi connectivity index (χ2n) is 1.08. The van der Waals surface area contributed by atoms with Crippen LogP contribution in [0.15, 0.2) is 0 Å². The maximum Gasteiger partial charge on any atom is 0.418 e. The summed E-state index contributed by atoms with van der Waals surface area (Å²) in [4.78, 5) is 20.6. The summed E-state index contributed by atoms with van der Waals surface area (Å²) < 4.78 is 8.10. The predicted molar refractivity (Wildman–Crippen MR) is 33.6 cm³/mol. The molecule has 0 N–H and O–H groups in total. The minimum atomic E-state index is -1.14. The zero-order valence-electron chi connectivity index (χ0n) is 4.80. The molecule has 6 heteroatoms. The van der Waals surface area contributed by atoms with Crippen molar-refractivity contribution in [3.8, 4) is 0 Å². The fraction of sp³-hybridized carbons (Fsp3) is 0.500. The number of hydrogen-bond donors (Lipinski definition) is 0. The highest BCUT2D eigenvalue weighted by Crippen LogP contribution is 1.87. The first-order chi connectivity index (χ1) is 4.72. The van der Waals surface area contributed by atoms with E-state index in [-0.39, 0.29) is 12.1 Å². The van der Waals surface area contributed by atoms with Gasteiger partial charge in [-0.15, -0.1) is 0 Å². The van der Waals surface area contributed by atoms with Crippen LogP contribution in [0.25, 0.3) is 0 Å². The van der Waals surface area contributed by atoms with Crippen molar-refractivity contribution in [2.45, 2.75) is 0 Å². The number of ether oxygens (including phenoxy) is 2. The number of hydrogen-bond acceptors (Lipinski definition) is 4. The highest BCUT2D eigenvalue weighted by molar-refractivity contribution is 6.31. The summed E-state index contributed by atoms with van der Waals surface area (Å²) in [5.74, 6) is -2.29. The second kappa shape index (κ2) is 5.32. The Morgan fingerprint density at radius 2 is 1.30 bits per heavy atom. The van der Waals surface area contributed by atoms with Gasteiger partial charge in [-0.3, -0.25) is 0 Å². The highest BCUT2D eigenvalue weighted by atomic mass is 35.5. The summed E-state index contributed by atoms with van der Waals surface area (Å²) in [6.07, 6.45) is 0. The Morgan fingerprint density at radius 1 is 1.00 bits per heavy atom. The first-order valence-corrected chi connectivity index (χ1v) is 3.25. The van der Waals surface area contributed by atoms with Crippen LogP contribution in [0.3, 0.4) is 0 Å². The topological polar surface area (TPSA) is 52.6 Å². The Balaban J connectivity index is 3.60. The minimum absolute atomic E-state index is 0.379. The van der Waals surface area contributed by atoms with Crippen molar-refractivity contribution in [1.82, 2.24) is 0 Å². The molecule has 0 aliphatic rings. The molecule has 0 aromatic rings. The van der Waals surface area contributed by atoms with E-state index in [1.165, 1.54) is 0 Å². The van der Waals surface area contributed by atoms with Crippen LogP contribution in [0.2, 0.25) is 0 Å². The van der Waals surface area contributed by atoms with Crippen LogP contribution in [-0.2, 0) is 19.1 Å². The van der Waals surface area contributed by atoms with Crippen LogP contribution in [0.5, 0.6) is 0 Å². The van der Waals surface area contributed by atoms with Gasteiger partial charge in [-0.1, -0.05) is 23.2 Å². The van der Waals surface area contributed by atoms with Gasteiger partial charge in [0.05, 0.1) is 0 Å². The van der Waals surface area contributed by atoms with Crippen molar-refractivity contribution >= 4 is 35.1 Å². The molecule has 0 unspecified atom stereocenters. The maximum absolute atomic E-state index is 10.3. The summed E-state index contributed by atoms with van der Waals surface area (Å²) in [5.41, 5.74) is 0. The molecule has 0 aliphatic heterocycles. The van der Waals surface area contributed by atoms with E-state index in [4.69, 9.17) is 23.2 Å². The lowest BCUT2D eigenvalue weighted by molar-refractivity contribution is -0.165. The molecule has 0 rings (SSSR count). The maximum atomic E-state index is 10.3. The first-order valence-electron chi connectivity index (χ1n) is 2.18. The van der Waals surface area contributed by atoms with Gasteiger partial charge in [0.15, 0.2) is 12.1 Å². The number of halogens is 2. The average Bonchev–Trinajstić information content (AvgIpc) is 1.89. The highest BCUT2D eigenvalue weighted by Gasteiger charge is 2.15. The molecular weight excluding hydrogens is 183 g/mol. The lowest BCUT2D eigenvalue weighted by Gasteiger charge is -1.97. The summed E-state index contributed by atoms with van der Waals surface area (Å²) >= 11 is 9.91. The molecule has 0 fully saturated rings. The van der Waals surface area contributed by atoms with Crippen LogP contribution in [0.4, 0.5) is 0 Å². The lowest BCUT2D eigenvalue weighted by Crippen LogP contribution is -2.19. The molecule has 0 saturated carbocycles. The number of carbonyl (C=O) groups excluding carboxylic acids is 2. The van der Waals surface area contributed by atoms with Crippen molar-refractivity contribution in [2.75, 3.05) is 12.1 Å². The number of carbonyl (C=O) groups is 2. The van der Waals surface area contributed by atoms with E-state index in [9.17, 15) is 9.59 Å². The molecule has 0 amide bonds. The van der Waals surface area contributed by atoms with Crippen LogP contribution in [-0.4, -0.2) is 24.1 Å². The van der Waals surface area contributed by atoms with Crippen molar-refractivity contribution in [3.63, 3.8) is 0 Å². The quantitative estimate of drug-likeness (QED) is 0.358. The summed E-state index contributed by atoms with van der Waals surface area (Å²) in [6.45, 7) is 0. The van der Waals surface area contributed by atoms with Gasteiger partial charge in [0.25, 0.3) is 0 Å². The Labute approximate surface area is 67.0 Å². The first kappa shape index (κ1) is 9.52. The molecule has 0 bridgehead atoms. The van der Waals surface area contributed by atoms with Gasteiger partial charge in [-0.25, -0.2) is 9.59 Å². The smallest absolute Gasteiger partial charge is 0.418 e. The van der Waals surface area contributed by atoms with E-state index < -0.39 is 11.9 Å². The Hall–Kier alpha value is -0.480. The molecule has 0 spiro atoms. The molecule has 0 radical (unpaired) electrons. The van der Waals surface area contributed by atoms with E-state index in [0.717, 1.165) is 0 Å². The molecule has 0 saturated heterocycles. The van der Waals surface area contributed by atoms with Crippen LogP contribution in [0.1, 0.15) is 0 Å². The fourth-order valence-electron chi connectivity index (χ4n) is 0.217. The van der Waals surface area contributed by atoms with E-state index in [1.807, 2.05) is 0 Å². The van der Waals surface area contributed by atoms with Gasteiger partial charge >= 0.3 is 11.9 Å². The fourth-order valence-corrected chi connectivity index (χ4v) is 0.415. The standard InChI is InChI=1S/C4H4Cl2O4/c5-1-9-3(7)4(8)10-2-6/h1-2H2. The van der Waals surface area contributed by atoms with E-state index >= 15 is 0 Å². The number of alkyl halides is 2. The summed E-state index contributed by atoms with van der Waals surface area (Å²) in [5, 5.41) is 0. The molecule has 0 aliphatic carbocycles. The molecule has 10 heavy (non-hydrogen) atoms. The van der Waals surface area contributed by atoms with E-state index in [0.29, 0.717) is 0 Å². The van der Waals surface area contributed by atoms with E-state index in [2.05, 4.69) is 9.47 Å². The largest absolute Gasteiger partial charge is 0.441 e. The van der Waals surface area contributed by atoms with Crippen LogP contribution in [0, 0.1) is 0 Å². The molecule has 0 heterocycles. The van der Waals surface area contributed by atoms with Crippen molar-refractivity contribution < 1.29 is 19.1 Å². The van der Waals surface area contributed by atoms with Gasteiger partial charge in [-0.2, -0.15) is 0 Å². The SMILES string of the molecule is O=C(OCCl)C(=O)OCCl. The van der Waals surface area contributed by atoms with Crippen LogP contribution < -0.4 is 0 Å². The zero-order chi connectivity index (χ0) is 7.98. The van der Waals surface area contributed by atoms with Crippen molar-refractivity contribution in [3.05, 3.63) is 0 Å². The third kappa shape index (κ3) is 3.53. The zero-order valence-corrected chi connectivity index (χ0v) is 6.31. The van der Waals surface area contributed by atoms with E-state index in [1.54, 1.807) is 0 Å². The van der Waals surface area contributed by atoms with Crippen molar-refractivity contribution in [1.29, 1.82) is 0 Å². The third-order valence-electron chi connectivity index (χ3n) is 0.538. The van der Waals surface area contributed by atoms with Gasteiger partial charge in [0.1, 0.15) is 0 Å². The van der Waals surface area contributed by atoms with Crippen molar-refractivity contribution in [2.24, 2.45) is 0 Å². The van der Waals surface area contributed by atoms with Gasteiger partial charge in [-0.05, 0) is 0 Å². The second-order valence-corrected chi connectivity index (χ2v) is 1.52. The minimum Gasteiger partial charge on any atom is -0.441 e. The van der Waals surface area contributed by atoms with Gasteiger partial charge in [0.2, 0.25) is 0 Å². The molecule has 4 nitrogen and oxygen atoms in total. The lowest BCUT2D eigenvalue weighted by atomic mass is 10.7. The molecule has 0 aromatic carbocycles. The Bertz CT molecular complexity index is 119. The normalized spacial score (nSPS) is 8.60. The predicted octanol–water partition coefficient (Wildman–Crippen LogP) is 0.465. The number of esters is 2. The molecule has 0 aromatic heterocycles. The average molecular weight is 187 g/mol. The number of rotatable bonds is 2. The van der Waals surface area contributed by atoms with Crippen LogP contribution >= 0.6 is 23.2 Å². The summed E-state index contributed by atoms with van der Waals surface area (Å²) in [7, 11) is 0.